The van der Waals surface area contributed by atoms with Gasteiger partial charge in [-0.1, -0.05) is 12.1 Å². The highest BCUT2D eigenvalue weighted by atomic mass is 35.5. The van der Waals surface area contributed by atoms with Crippen LogP contribution in [0.15, 0.2) is 42.5 Å². The van der Waals surface area contributed by atoms with E-state index in [1.54, 1.807) is 24.3 Å². The van der Waals surface area contributed by atoms with E-state index in [0.717, 1.165) is 23.8 Å². The van der Waals surface area contributed by atoms with Crippen LogP contribution in [0.4, 0.5) is 10.1 Å². The molecule has 108 valence electrons. The van der Waals surface area contributed by atoms with E-state index in [0.29, 0.717) is 5.56 Å². The molecule has 0 atom stereocenters. The van der Waals surface area contributed by atoms with Crippen molar-refractivity contribution in [1.82, 2.24) is 0 Å². The molecule has 2 aromatic rings. The summed E-state index contributed by atoms with van der Waals surface area (Å²) >= 11 is 5.69. The van der Waals surface area contributed by atoms with E-state index < -0.39 is 17.7 Å². The maximum Gasteiger partial charge on any atom is 0.335 e. The van der Waals surface area contributed by atoms with Gasteiger partial charge in [0.25, 0.3) is 5.91 Å². The summed E-state index contributed by atoms with van der Waals surface area (Å²) in [6, 6.07) is 9.76. The first-order valence-corrected chi connectivity index (χ1v) is 6.54. The van der Waals surface area contributed by atoms with Crippen LogP contribution in [0.5, 0.6) is 0 Å². The summed E-state index contributed by atoms with van der Waals surface area (Å²) < 4.78 is 13.6. The second-order valence-corrected chi connectivity index (χ2v) is 4.56. The molecule has 0 heterocycles. The molecule has 0 spiro atoms. The lowest BCUT2D eigenvalue weighted by atomic mass is 10.1. The lowest BCUT2D eigenvalue weighted by Crippen LogP contribution is -2.14. The highest BCUT2D eigenvalue weighted by molar-refractivity contribution is 6.17. The molecular weight excluding hydrogens is 297 g/mol. The zero-order valence-electron chi connectivity index (χ0n) is 10.8. The van der Waals surface area contributed by atoms with Crippen molar-refractivity contribution in [2.75, 3.05) is 5.32 Å². The number of amides is 1. The van der Waals surface area contributed by atoms with Crippen molar-refractivity contribution >= 4 is 29.2 Å². The summed E-state index contributed by atoms with van der Waals surface area (Å²) in [6.07, 6.45) is 0. The Labute approximate surface area is 125 Å². The third-order valence-corrected chi connectivity index (χ3v) is 3.11. The number of nitrogens with one attached hydrogen (secondary N) is 1. The van der Waals surface area contributed by atoms with E-state index in [2.05, 4.69) is 5.32 Å². The molecule has 0 saturated heterocycles. The Balaban J connectivity index is 2.26. The monoisotopic (exact) mass is 307 g/mol. The van der Waals surface area contributed by atoms with Crippen LogP contribution in [0, 0.1) is 5.82 Å². The summed E-state index contributed by atoms with van der Waals surface area (Å²) in [7, 11) is 0. The van der Waals surface area contributed by atoms with Gasteiger partial charge in [0.15, 0.2) is 0 Å². The molecule has 6 heteroatoms. The van der Waals surface area contributed by atoms with Crippen molar-refractivity contribution < 1.29 is 19.1 Å². The third-order valence-electron chi connectivity index (χ3n) is 2.80. The molecule has 0 aromatic heterocycles. The molecule has 0 aliphatic carbocycles. The number of alkyl halides is 1. The van der Waals surface area contributed by atoms with Crippen LogP contribution in [0.1, 0.15) is 26.3 Å². The Morgan fingerprint density at radius 3 is 2.57 bits per heavy atom. The first-order valence-electron chi connectivity index (χ1n) is 6.00. The number of anilines is 1. The van der Waals surface area contributed by atoms with Gasteiger partial charge in [0.05, 0.1) is 11.3 Å². The topological polar surface area (TPSA) is 66.4 Å². The fraction of sp³-hybridized carbons (Fsp3) is 0.0667. The van der Waals surface area contributed by atoms with Crippen molar-refractivity contribution in [2.24, 2.45) is 0 Å². The SMILES string of the molecule is O=C(O)c1ccc(F)c(NC(=O)c2cccc(CCl)c2)c1. The molecule has 2 rings (SSSR count). The third kappa shape index (κ3) is 3.58. The standard InChI is InChI=1S/C15H11ClFNO3/c16-8-9-2-1-3-10(6-9)14(19)18-13-7-11(15(20)21)4-5-12(13)17/h1-7H,8H2,(H,18,19)(H,20,21). The van der Waals surface area contributed by atoms with E-state index >= 15 is 0 Å². The molecule has 21 heavy (non-hydrogen) atoms. The molecule has 0 aliphatic heterocycles. The van der Waals surface area contributed by atoms with Crippen molar-refractivity contribution in [3.8, 4) is 0 Å². The summed E-state index contributed by atoms with van der Waals surface area (Å²) in [5.74, 6) is -2.19. The average molecular weight is 308 g/mol. The van der Waals surface area contributed by atoms with Crippen molar-refractivity contribution in [3.05, 3.63) is 65.0 Å². The van der Waals surface area contributed by atoms with Crippen LogP contribution in [-0.2, 0) is 5.88 Å². The Hall–Kier alpha value is -2.40. The molecule has 2 N–H and O–H groups in total. The average Bonchev–Trinajstić information content (AvgIpc) is 2.49. The number of rotatable bonds is 4. The lowest BCUT2D eigenvalue weighted by molar-refractivity contribution is 0.0696. The van der Waals surface area contributed by atoms with E-state index in [1.165, 1.54) is 0 Å². The molecule has 0 fully saturated rings. The Kier molecular flexibility index (Phi) is 4.55. The van der Waals surface area contributed by atoms with Crippen molar-refractivity contribution in [3.63, 3.8) is 0 Å². The quantitative estimate of drug-likeness (QED) is 0.849. The molecule has 4 nitrogen and oxygen atoms in total. The molecular formula is C15H11ClFNO3. The van der Waals surface area contributed by atoms with E-state index in [9.17, 15) is 14.0 Å². The van der Waals surface area contributed by atoms with E-state index in [1.807, 2.05) is 0 Å². The normalized spacial score (nSPS) is 10.2. The number of benzene rings is 2. The summed E-state index contributed by atoms with van der Waals surface area (Å²) in [6.45, 7) is 0. The first kappa shape index (κ1) is 15.0. The molecule has 0 bridgehead atoms. The van der Waals surface area contributed by atoms with Gasteiger partial charge < -0.3 is 10.4 Å². The maximum absolute atomic E-state index is 13.6. The number of hydrogen-bond donors (Lipinski definition) is 2. The second kappa shape index (κ2) is 6.37. The van der Waals surface area contributed by atoms with Crippen LogP contribution in [-0.4, -0.2) is 17.0 Å². The first-order chi connectivity index (χ1) is 10.0. The zero-order valence-corrected chi connectivity index (χ0v) is 11.5. The summed E-state index contributed by atoms with van der Waals surface area (Å²) in [4.78, 5) is 22.9. The Bertz CT molecular complexity index is 703. The highest BCUT2D eigenvalue weighted by Crippen LogP contribution is 2.18. The van der Waals surface area contributed by atoms with Gasteiger partial charge in [-0.15, -0.1) is 11.6 Å². The highest BCUT2D eigenvalue weighted by Gasteiger charge is 2.12. The van der Waals surface area contributed by atoms with E-state index in [4.69, 9.17) is 16.7 Å². The van der Waals surface area contributed by atoms with Crippen LogP contribution in [0.25, 0.3) is 0 Å². The van der Waals surface area contributed by atoms with Crippen molar-refractivity contribution in [2.45, 2.75) is 5.88 Å². The molecule has 1 amide bonds. The minimum atomic E-state index is -1.20. The molecule has 0 radical (unpaired) electrons. The fourth-order valence-corrected chi connectivity index (χ4v) is 1.91. The predicted molar refractivity (Wildman–Crippen MR) is 77.3 cm³/mol. The van der Waals surface area contributed by atoms with Gasteiger partial charge in [0.1, 0.15) is 5.82 Å². The van der Waals surface area contributed by atoms with Crippen molar-refractivity contribution in [1.29, 1.82) is 0 Å². The van der Waals surface area contributed by atoms with Gasteiger partial charge in [0, 0.05) is 11.4 Å². The smallest absolute Gasteiger partial charge is 0.335 e. The molecule has 2 aromatic carbocycles. The van der Waals surface area contributed by atoms with Crippen LogP contribution < -0.4 is 5.32 Å². The zero-order chi connectivity index (χ0) is 15.4. The Morgan fingerprint density at radius 2 is 1.90 bits per heavy atom. The van der Waals surface area contributed by atoms with Crippen LogP contribution in [0.3, 0.4) is 0 Å². The van der Waals surface area contributed by atoms with Gasteiger partial charge in [-0.25, -0.2) is 9.18 Å². The molecule has 0 aliphatic rings. The minimum absolute atomic E-state index is 0.110. The Morgan fingerprint density at radius 1 is 1.14 bits per heavy atom. The number of aromatic carboxylic acids is 1. The van der Waals surface area contributed by atoms with Gasteiger partial charge in [-0.2, -0.15) is 0 Å². The largest absolute Gasteiger partial charge is 0.478 e. The number of halogens is 2. The molecule has 0 unspecified atom stereocenters. The number of carboxylic acid groups (broad SMARTS) is 1. The van der Waals surface area contributed by atoms with Gasteiger partial charge in [0.2, 0.25) is 0 Å². The van der Waals surface area contributed by atoms with Crippen LogP contribution >= 0.6 is 11.6 Å². The van der Waals surface area contributed by atoms with Gasteiger partial charge >= 0.3 is 5.97 Å². The lowest BCUT2D eigenvalue weighted by Gasteiger charge is -2.08. The van der Waals surface area contributed by atoms with Crippen LogP contribution in [0.2, 0.25) is 0 Å². The summed E-state index contributed by atoms with van der Waals surface area (Å²) in [5.41, 5.74) is 0.773. The predicted octanol–water partition coefficient (Wildman–Crippen LogP) is 3.52. The number of carbonyl (C=O) groups is 2. The summed E-state index contributed by atoms with van der Waals surface area (Å²) in [5, 5.41) is 11.2. The van der Waals surface area contributed by atoms with E-state index in [-0.39, 0.29) is 17.1 Å². The number of hydrogen-bond acceptors (Lipinski definition) is 2. The second-order valence-electron chi connectivity index (χ2n) is 4.29. The van der Waals surface area contributed by atoms with Gasteiger partial charge in [-0.05, 0) is 35.9 Å². The minimum Gasteiger partial charge on any atom is -0.478 e. The fourth-order valence-electron chi connectivity index (χ4n) is 1.74. The number of carbonyl (C=O) groups excluding carboxylic acids is 1. The molecule has 0 saturated carbocycles. The van der Waals surface area contributed by atoms with Gasteiger partial charge in [-0.3, -0.25) is 4.79 Å². The maximum atomic E-state index is 13.6. The number of carboxylic acids is 1.